The van der Waals surface area contributed by atoms with Crippen molar-refractivity contribution in [1.29, 1.82) is 0 Å². The van der Waals surface area contributed by atoms with Crippen LogP contribution in [0.5, 0.6) is 0 Å². The number of hydrogen-bond donors (Lipinski definition) is 2. The van der Waals surface area contributed by atoms with Crippen molar-refractivity contribution >= 4 is 10.1 Å². The minimum absolute atomic E-state index is 0.123. The van der Waals surface area contributed by atoms with Crippen molar-refractivity contribution in [3.63, 3.8) is 0 Å². The Balaban J connectivity index is 3.09. The van der Waals surface area contributed by atoms with E-state index in [0.717, 1.165) is 32.4 Å². The van der Waals surface area contributed by atoms with Gasteiger partial charge >= 0.3 is 0 Å². The van der Waals surface area contributed by atoms with Gasteiger partial charge < -0.3 is 5.32 Å². The third-order valence-electron chi connectivity index (χ3n) is 1.71. The highest BCUT2D eigenvalue weighted by Crippen LogP contribution is 1.92. The molecule has 0 aliphatic carbocycles. The van der Waals surface area contributed by atoms with E-state index in [0.29, 0.717) is 6.42 Å². The molecule has 0 aromatic carbocycles. The quantitative estimate of drug-likeness (QED) is 0.463. The van der Waals surface area contributed by atoms with Crippen molar-refractivity contribution in [2.24, 2.45) is 0 Å². The molecule has 5 heteroatoms. The van der Waals surface area contributed by atoms with Crippen LogP contribution in [-0.4, -0.2) is 31.8 Å². The first-order valence-electron chi connectivity index (χ1n) is 4.72. The lowest BCUT2D eigenvalue weighted by Gasteiger charge is -2.02. The summed E-state index contributed by atoms with van der Waals surface area (Å²) in [7, 11) is -3.75. The van der Waals surface area contributed by atoms with Crippen molar-refractivity contribution in [3.8, 4) is 0 Å². The standard InChI is InChI=1S/C8H19NO3S/c1-2-3-6-9-7-4-5-8-13(10,11)12/h9H,2-8H2,1H3,(H,10,11,12). The molecular weight excluding hydrogens is 190 g/mol. The monoisotopic (exact) mass is 209 g/mol. The van der Waals surface area contributed by atoms with E-state index in [1.165, 1.54) is 0 Å². The number of hydrogen-bond acceptors (Lipinski definition) is 3. The van der Waals surface area contributed by atoms with Gasteiger partial charge in [-0.1, -0.05) is 13.3 Å². The first-order valence-corrected chi connectivity index (χ1v) is 6.33. The lowest BCUT2D eigenvalue weighted by atomic mass is 10.3. The van der Waals surface area contributed by atoms with Gasteiger partial charge in [-0.3, -0.25) is 4.55 Å². The van der Waals surface area contributed by atoms with Crippen LogP contribution in [0.2, 0.25) is 0 Å². The summed E-state index contributed by atoms with van der Waals surface area (Å²) < 4.78 is 29.0. The molecule has 0 spiro atoms. The molecule has 0 aromatic heterocycles. The molecule has 0 radical (unpaired) electrons. The van der Waals surface area contributed by atoms with E-state index < -0.39 is 10.1 Å². The van der Waals surface area contributed by atoms with Crippen LogP contribution in [-0.2, 0) is 10.1 Å². The predicted molar refractivity (Wildman–Crippen MR) is 53.4 cm³/mol. The fourth-order valence-corrected chi connectivity index (χ4v) is 1.53. The van der Waals surface area contributed by atoms with Gasteiger partial charge in [0, 0.05) is 0 Å². The van der Waals surface area contributed by atoms with E-state index in [1.807, 2.05) is 0 Å². The summed E-state index contributed by atoms with van der Waals surface area (Å²) in [5.41, 5.74) is 0. The maximum absolute atomic E-state index is 10.3. The van der Waals surface area contributed by atoms with Crippen LogP contribution in [0.4, 0.5) is 0 Å². The van der Waals surface area contributed by atoms with Crippen LogP contribution in [0.3, 0.4) is 0 Å². The minimum atomic E-state index is -3.75. The molecule has 0 saturated heterocycles. The van der Waals surface area contributed by atoms with Gasteiger partial charge in [-0.15, -0.1) is 0 Å². The highest BCUT2D eigenvalue weighted by Gasteiger charge is 2.02. The Bertz CT molecular complexity index is 201. The highest BCUT2D eigenvalue weighted by atomic mass is 32.2. The van der Waals surface area contributed by atoms with Crippen molar-refractivity contribution in [2.45, 2.75) is 32.6 Å². The second kappa shape index (κ2) is 7.29. The molecule has 2 N–H and O–H groups in total. The number of unbranched alkanes of at least 4 members (excludes halogenated alkanes) is 2. The summed E-state index contributed by atoms with van der Waals surface area (Å²) >= 11 is 0. The van der Waals surface area contributed by atoms with Crippen molar-refractivity contribution in [3.05, 3.63) is 0 Å². The van der Waals surface area contributed by atoms with Crippen molar-refractivity contribution in [1.82, 2.24) is 5.32 Å². The van der Waals surface area contributed by atoms with Gasteiger partial charge in [0.15, 0.2) is 0 Å². The zero-order chi connectivity index (χ0) is 10.2. The molecule has 0 fully saturated rings. The summed E-state index contributed by atoms with van der Waals surface area (Å²) in [5, 5.41) is 3.20. The van der Waals surface area contributed by atoms with E-state index in [9.17, 15) is 8.42 Å². The molecule has 0 unspecified atom stereocenters. The Labute approximate surface area is 80.5 Å². The molecule has 0 heterocycles. The largest absolute Gasteiger partial charge is 0.317 e. The number of rotatable bonds is 8. The van der Waals surface area contributed by atoms with E-state index in [1.54, 1.807) is 0 Å². The summed E-state index contributed by atoms with van der Waals surface area (Å²) in [6.45, 7) is 3.94. The Morgan fingerprint density at radius 1 is 1.15 bits per heavy atom. The van der Waals surface area contributed by atoms with Crippen LogP contribution >= 0.6 is 0 Å². The summed E-state index contributed by atoms with van der Waals surface area (Å²) in [6.07, 6.45) is 3.64. The van der Waals surface area contributed by atoms with Gasteiger partial charge in [-0.2, -0.15) is 8.42 Å². The minimum Gasteiger partial charge on any atom is -0.317 e. The summed E-state index contributed by atoms with van der Waals surface area (Å²) in [5.74, 6) is -0.123. The molecule has 4 nitrogen and oxygen atoms in total. The molecule has 0 aliphatic heterocycles. The molecule has 0 saturated carbocycles. The van der Waals surface area contributed by atoms with Gasteiger partial charge in [0.25, 0.3) is 10.1 Å². The SMILES string of the molecule is CCCCNCCCCS(=O)(=O)O. The van der Waals surface area contributed by atoms with Crippen LogP contribution in [0.25, 0.3) is 0 Å². The van der Waals surface area contributed by atoms with Crippen LogP contribution in [0, 0.1) is 0 Å². The van der Waals surface area contributed by atoms with E-state index in [4.69, 9.17) is 4.55 Å². The maximum Gasteiger partial charge on any atom is 0.264 e. The first kappa shape index (κ1) is 12.9. The first-order chi connectivity index (χ1) is 6.06. The normalized spacial score (nSPS) is 11.8. The predicted octanol–water partition coefficient (Wildman–Crippen LogP) is 1.04. The van der Waals surface area contributed by atoms with Crippen molar-refractivity contribution < 1.29 is 13.0 Å². The van der Waals surface area contributed by atoms with Gasteiger partial charge in [-0.05, 0) is 32.4 Å². The zero-order valence-electron chi connectivity index (χ0n) is 8.12. The van der Waals surface area contributed by atoms with Crippen molar-refractivity contribution in [2.75, 3.05) is 18.8 Å². The number of nitrogens with one attached hydrogen (secondary N) is 1. The molecule has 0 bridgehead atoms. The van der Waals surface area contributed by atoms with E-state index >= 15 is 0 Å². The third kappa shape index (κ3) is 11.9. The fraction of sp³-hybridized carbons (Fsp3) is 1.00. The molecule has 80 valence electrons. The zero-order valence-corrected chi connectivity index (χ0v) is 8.94. The van der Waals surface area contributed by atoms with Crippen LogP contribution in [0.1, 0.15) is 32.6 Å². The molecule has 0 rings (SSSR count). The highest BCUT2D eigenvalue weighted by molar-refractivity contribution is 7.85. The van der Waals surface area contributed by atoms with Gasteiger partial charge in [0.05, 0.1) is 5.75 Å². The van der Waals surface area contributed by atoms with E-state index in [2.05, 4.69) is 12.2 Å². The molecule has 0 amide bonds. The van der Waals surface area contributed by atoms with Crippen LogP contribution < -0.4 is 5.32 Å². The van der Waals surface area contributed by atoms with Gasteiger partial charge in [0.1, 0.15) is 0 Å². The van der Waals surface area contributed by atoms with E-state index in [-0.39, 0.29) is 5.75 Å². The lowest BCUT2D eigenvalue weighted by Crippen LogP contribution is -2.17. The maximum atomic E-state index is 10.3. The Morgan fingerprint density at radius 2 is 1.77 bits per heavy atom. The fourth-order valence-electron chi connectivity index (χ4n) is 0.961. The second-order valence-corrected chi connectivity index (χ2v) is 4.67. The Hall–Kier alpha value is -0.130. The Kier molecular flexibility index (Phi) is 7.22. The third-order valence-corrected chi connectivity index (χ3v) is 2.52. The average Bonchev–Trinajstić information content (AvgIpc) is 2.01. The topological polar surface area (TPSA) is 66.4 Å². The average molecular weight is 209 g/mol. The molecule has 0 aromatic rings. The smallest absolute Gasteiger partial charge is 0.264 e. The molecule has 0 atom stereocenters. The molecule has 0 aliphatic rings. The van der Waals surface area contributed by atoms with Crippen LogP contribution in [0.15, 0.2) is 0 Å². The summed E-state index contributed by atoms with van der Waals surface area (Å²) in [4.78, 5) is 0. The van der Waals surface area contributed by atoms with Gasteiger partial charge in [0.2, 0.25) is 0 Å². The second-order valence-electron chi connectivity index (χ2n) is 3.10. The molecule has 13 heavy (non-hydrogen) atoms. The lowest BCUT2D eigenvalue weighted by molar-refractivity contribution is 0.479. The summed E-state index contributed by atoms with van der Waals surface area (Å²) in [6, 6.07) is 0. The van der Waals surface area contributed by atoms with Gasteiger partial charge in [-0.25, -0.2) is 0 Å². The Morgan fingerprint density at radius 3 is 2.31 bits per heavy atom. The molecular formula is C8H19NO3S.